The predicted molar refractivity (Wildman–Crippen MR) is 91.1 cm³/mol. The molecule has 122 valence electrons. The second-order valence-electron chi connectivity index (χ2n) is 5.31. The number of ether oxygens (including phenoxy) is 1. The van der Waals surface area contributed by atoms with Gasteiger partial charge in [0.25, 0.3) is 0 Å². The van der Waals surface area contributed by atoms with Crippen molar-refractivity contribution in [3.05, 3.63) is 72.1 Å². The van der Waals surface area contributed by atoms with Gasteiger partial charge >= 0.3 is 5.97 Å². The first-order valence-electron chi connectivity index (χ1n) is 7.53. The number of anilines is 2. The number of hydrogen-bond donors (Lipinski definition) is 0. The van der Waals surface area contributed by atoms with E-state index >= 15 is 0 Å². The van der Waals surface area contributed by atoms with Crippen molar-refractivity contribution in [1.29, 1.82) is 0 Å². The molecule has 0 N–H and O–H groups in total. The highest BCUT2D eigenvalue weighted by Crippen LogP contribution is 2.24. The molecule has 0 atom stereocenters. The van der Waals surface area contributed by atoms with E-state index in [1.807, 2.05) is 54.5 Å². The van der Waals surface area contributed by atoms with Gasteiger partial charge in [-0.05, 0) is 29.8 Å². The number of carbonyl (C=O) groups excluding carboxylic acids is 1. The van der Waals surface area contributed by atoms with Crippen molar-refractivity contribution in [1.82, 2.24) is 14.8 Å². The Labute approximate surface area is 140 Å². The van der Waals surface area contributed by atoms with Gasteiger partial charge in [0, 0.05) is 25.5 Å². The van der Waals surface area contributed by atoms with Crippen LogP contribution in [0.3, 0.4) is 0 Å². The third-order valence-corrected chi connectivity index (χ3v) is 3.62. The van der Waals surface area contributed by atoms with Crippen LogP contribution in [0.2, 0.25) is 0 Å². The molecule has 0 aliphatic carbocycles. The van der Waals surface area contributed by atoms with Crippen LogP contribution >= 0.6 is 0 Å². The van der Waals surface area contributed by atoms with E-state index in [1.54, 1.807) is 23.0 Å². The number of esters is 1. The highest BCUT2D eigenvalue weighted by molar-refractivity contribution is 5.89. The summed E-state index contributed by atoms with van der Waals surface area (Å²) in [7, 11) is 3.26. The zero-order chi connectivity index (χ0) is 16.9. The van der Waals surface area contributed by atoms with E-state index in [0.717, 1.165) is 17.2 Å². The van der Waals surface area contributed by atoms with Crippen LogP contribution in [0.25, 0.3) is 0 Å². The molecule has 3 aromatic rings. The Kier molecular flexibility index (Phi) is 4.56. The largest absolute Gasteiger partial charge is 0.465 e. The third kappa shape index (κ3) is 3.43. The number of rotatable bonds is 5. The van der Waals surface area contributed by atoms with Gasteiger partial charge < -0.3 is 9.64 Å². The second kappa shape index (κ2) is 6.95. The van der Waals surface area contributed by atoms with Crippen LogP contribution in [-0.2, 0) is 18.3 Å². The fourth-order valence-corrected chi connectivity index (χ4v) is 2.39. The number of benzene rings is 1. The number of aryl methyl sites for hydroxylation is 1. The van der Waals surface area contributed by atoms with E-state index in [-0.39, 0.29) is 5.97 Å². The summed E-state index contributed by atoms with van der Waals surface area (Å²) in [5, 5.41) is 4.47. The number of nitrogens with zero attached hydrogens (tertiary/aromatic N) is 4. The second-order valence-corrected chi connectivity index (χ2v) is 5.31. The lowest BCUT2D eigenvalue weighted by Crippen LogP contribution is -2.18. The van der Waals surface area contributed by atoms with Crippen molar-refractivity contribution in [2.75, 3.05) is 12.0 Å². The third-order valence-electron chi connectivity index (χ3n) is 3.62. The Morgan fingerprint density at radius 2 is 1.92 bits per heavy atom. The van der Waals surface area contributed by atoms with Crippen LogP contribution in [0.1, 0.15) is 15.9 Å². The van der Waals surface area contributed by atoms with Gasteiger partial charge in [-0.3, -0.25) is 4.68 Å². The summed E-state index contributed by atoms with van der Waals surface area (Å²) < 4.78 is 6.48. The molecule has 0 radical (unpaired) electrons. The molecule has 0 unspecified atom stereocenters. The molecule has 3 rings (SSSR count). The summed E-state index contributed by atoms with van der Waals surface area (Å²) >= 11 is 0. The van der Waals surface area contributed by atoms with Gasteiger partial charge in [0.1, 0.15) is 5.82 Å². The standard InChI is InChI=1S/C18H18N4O2/c1-21-12-10-17(20-21)22(16-5-3-4-11-19-16)13-14-6-8-15(9-7-14)18(23)24-2/h3-12H,13H2,1-2H3. The smallest absolute Gasteiger partial charge is 0.337 e. The Balaban J connectivity index is 1.88. The van der Waals surface area contributed by atoms with Crippen LogP contribution in [0.15, 0.2) is 60.9 Å². The molecule has 0 amide bonds. The maximum absolute atomic E-state index is 11.5. The summed E-state index contributed by atoms with van der Waals surface area (Å²) in [6.45, 7) is 0.593. The van der Waals surface area contributed by atoms with E-state index in [0.29, 0.717) is 12.1 Å². The molecule has 0 aliphatic heterocycles. The highest BCUT2D eigenvalue weighted by Gasteiger charge is 2.14. The molecule has 0 spiro atoms. The van der Waals surface area contributed by atoms with Crippen LogP contribution in [-0.4, -0.2) is 27.8 Å². The quantitative estimate of drug-likeness (QED) is 0.676. The Morgan fingerprint density at radius 3 is 2.50 bits per heavy atom. The predicted octanol–water partition coefficient (Wildman–Crippen LogP) is 2.94. The van der Waals surface area contributed by atoms with E-state index in [4.69, 9.17) is 4.74 Å². The minimum Gasteiger partial charge on any atom is -0.465 e. The zero-order valence-corrected chi connectivity index (χ0v) is 13.6. The molecule has 0 saturated carbocycles. The first-order valence-corrected chi connectivity index (χ1v) is 7.53. The monoisotopic (exact) mass is 322 g/mol. The fraction of sp³-hybridized carbons (Fsp3) is 0.167. The van der Waals surface area contributed by atoms with E-state index in [2.05, 4.69) is 10.1 Å². The number of hydrogen-bond acceptors (Lipinski definition) is 5. The van der Waals surface area contributed by atoms with Crippen LogP contribution in [0, 0.1) is 0 Å². The molecule has 0 aliphatic rings. The SMILES string of the molecule is COC(=O)c1ccc(CN(c2ccccn2)c2ccn(C)n2)cc1. The Bertz CT molecular complexity index is 813. The summed E-state index contributed by atoms with van der Waals surface area (Å²) in [4.78, 5) is 18.0. The molecular formula is C18H18N4O2. The van der Waals surface area contributed by atoms with Crippen molar-refractivity contribution >= 4 is 17.6 Å². The number of pyridine rings is 1. The normalized spacial score (nSPS) is 10.4. The van der Waals surface area contributed by atoms with Gasteiger partial charge in [-0.15, -0.1) is 0 Å². The summed E-state index contributed by atoms with van der Waals surface area (Å²) in [6.07, 6.45) is 3.65. The van der Waals surface area contributed by atoms with E-state index < -0.39 is 0 Å². The average molecular weight is 322 g/mol. The molecule has 6 heteroatoms. The van der Waals surface area contributed by atoms with Gasteiger partial charge in [0.15, 0.2) is 5.82 Å². The minimum atomic E-state index is -0.340. The van der Waals surface area contributed by atoms with Crippen LogP contribution in [0.4, 0.5) is 11.6 Å². The number of carbonyl (C=O) groups is 1. The first kappa shape index (κ1) is 15.7. The zero-order valence-electron chi connectivity index (χ0n) is 13.6. The molecule has 6 nitrogen and oxygen atoms in total. The molecule has 24 heavy (non-hydrogen) atoms. The number of methoxy groups -OCH3 is 1. The lowest BCUT2D eigenvalue weighted by Gasteiger charge is -2.21. The van der Waals surface area contributed by atoms with E-state index in [1.165, 1.54) is 7.11 Å². The van der Waals surface area contributed by atoms with E-state index in [9.17, 15) is 4.79 Å². The van der Waals surface area contributed by atoms with Crippen molar-refractivity contribution in [2.45, 2.75) is 6.54 Å². The lowest BCUT2D eigenvalue weighted by atomic mass is 10.1. The number of aromatic nitrogens is 3. The van der Waals surface area contributed by atoms with Gasteiger partial charge in [-0.2, -0.15) is 5.10 Å². The van der Waals surface area contributed by atoms with Crippen LogP contribution < -0.4 is 4.90 Å². The van der Waals surface area contributed by atoms with Crippen molar-refractivity contribution in [3.63, 3.8) is 0 Å². The van der Waals surface area contributed by atoms with Crippen molar-refractivity contribution in [2.24, 2.45) is 7.05 Å². The van der Waals surface area contributed by atoms with Gasteiger partial charge in [-0.25, -0.2) is 9.78 Å². The van der Waals surface area contributed by atoms with Gasteiger partial charge in [0.2, 0.25) is 0 Å². The molecule has 0 bridgehead atoms. The highest BCUT2D eigenvalue weighted by atomic mass is 16.5. The lowest BCUT2D eigenvalue weighted by molar-refractivity contribution is 0.0600. The summed E-state index contributed by atoms with van der Waals surface area (Å²) in [5.74, 6) is 1.29. The fourth-order valence-electron chi connectivity index (χ4n) is 2.39. The maximum Gasteiger partial charge on any atom is 0.337 e. The summed E-state index contributed by atoms with van der Waals surface area (Å²) in [5.41, 5.74) is 1.57. The average Bonchev–Trinajstić information content (AvgIpc) is 3.06. The maximum atomic E-state index is 11.5. The Hall–Kier alpha value is -3.15. The van der Waals surface area contributed by atoms with Crippen molar-refractivity contribution < 1.29 is 9.53 Å². The topological polar surface area (TPSA) is 60.2 Å². The molecule has 0 fully saturated rings. The van der Waals surface area contributed by atoms with Crippen molar-refractivity contribution in [3.8, 4) is 0 Å². The minimum absolute atomic E-state index is 0.340. The molecular weight excluding hydrogens is 304 g/mol. The molecule has 2 heterocycles. The van der Waals surface area contributed by atoms with Gasteiger partial charge in [-0.1, -0.05) is 18.2 Å². The molecule has 0 saturated heterocycles. The summed E-state index contributed by atoms with van der Waals surface area (Å²) in [6, 6.07) is 15.0. The first-order chi connectivity index (χ1) is 11.7. The Morgan fingerprint density at radius 1 is 1.12 bits per heavy atom. The molecule has 2 aromatic heterocycles. The van der Waals surface area contributed by atoms with Crippen LogP contribution in [0.5, 0.6) is 0 Å². The molecule has 1 aromatic carbocycles. The van der Waals surface area contributed by atoms with Gasteiger partial charge in [0.05, 0.1) is 19.2 Å².